The van der Waals surface area contributed by atoms with Crippen LogP contribution in [0.4, 0.5) is 29.1 Å². The number of halogens is 5. The number of thiophene rings is 1. The Labute approximate surface area is 241 Å². The SMILES string of the molecule is Fc1cccc(COc2ccc(Nc3ncnc4sc(C#CC5CCCCN5)cc34)cc2Cl)c1.O=C(O)C(F)(F)F. The maximum atomic E-state index is 13.4. The van der Waals surface area contributed by atoms with Crippen molar-refractivity contribution in [2.75, 3.05) is 11.9 Å². The zero-order valence-corrected chi connectivity index (χ0v) is 22.8. The summed E-state index contributed by atoms with van der Waals surface area (Å²) in [6, 6.07) is 14.0. The van der Waals surface area contributed by atoms with Gasteiger partial charge in [-0.05, 0) is 67.8 Å². The highest BCUT2D eigenvalue weighted by atomic mass is 35.5. The Hall–Kier alpha value is -3.92. The van der Waals surface area contributed by atoms with Crippen LogP contribution in [0.15, 0.2) is 54.9 Å². The van der Waals surface area contributed by atoms with E-state index in [9.17, 15) is 17.6 Å². The van der Waals surface area contributed by atoms with Gasteiger partial charge in [0.2, 0.25) is 0 Å². The van der Waals surface area contributed by atoms with Crippen LogP contribution in [0.25, 0.3) is 10.2 Å². The molecular formula is C28H23ClF4N4O3S. The normalized spacial score (nSPS) is 14.8. The van der Waals surface area contributed by atoms with Gasteiger partial charge in [0.25, 0.3) is 0 Å². The summed E-state index contributed by atoms with van der Waals surface area (Å²) >= 11 is 7.99. The number of aliphatic carboxylic acids is 1. The Balaban J connectivity index is 0.000000493. The van der Waals surface area contributed by atoms with Crippen molar-refractivity contribution in [1.29, 1.82) is 0 Å². The standard InChI is InChI=1S/C26H22ClFN4OS.C2HF3O2/c27-23-13-20(8-10-24(23)33-15-17-4-3-5-18(28)12-17)32-25-22-14-21(34-26(22)31-16-30-25)9-7-19-6-1-2-11-29-19;3-2(4,5)1(6)7/h3-5,8,10,12-14,16,19,29H,1-2,6,11,15H2,(H,30,31,32);(H,6,7). The van der Waals surface area contributed by atoms with Crippen molar-refractivity contribution >= 4 is 50.6 Å². The van der Waals surface area contributed by atoms with Crippen LogP contribution in [0.1, 0.15) is 29.7 Å². The molecule has 0 amide bonds. The van der Waals surface area contributed by atoms with Gasteiger partial charge in [-0.2, -0.15) is 13.2 Å². The number of aromatic nitrogens is 2. The number of hydrogen-bond acceptors (Lipinski definition) is 7. The van der Waals surface area contributed by atoms with Crippen molar-refractivity contribution in [3.05, 3.63) is 76.1 Å². The highest BCUT2D eigenvalue weighted by Gasteiger charge is 2.38. The topological polar surface area (TPSA) is 96.4 Å². The van der Waals surface area contributed by atoms with E-state index in [4.69, 9.17) is 26.2 Å². The molecule has 2 aromatic carbocycles. The van der Waals surface area contributed by atoms with Crippen LogP contribution in [-0.4, -0.2) is 39.8 Å². The van der Waals surface area contributed by atoms with E-state index in [2.05, 4.69) is 32.4 Å². The van der Waals surface area contributed by atoms with Gasteiger partial charge >= 0.3 is 12.1 Å². The monoisotopic (exact) mass is 606 g/mol. The average molecular weight is 607 g/mol. The van der Waals surface area contributed by atoms with Crippen LogP contribution in [0.3, 0.4) is 0 Å². The number of alkyl halides is 3. The third-order valence-corrected chi connectivity index (χ3v) is 6.98. The Morgan fingerprint density at radius 3 is 2.68 bits per heavy atom. The molecule has 0 spiro atoms. The van der Waals surface area contributed by atoms with E-state index in [0.29, 0.717) is 16.6 Å². The number of rotatable bonds is 5. The second-order valence-electron chi connectivity index (χ2n) is 8.82. The van der Waals surface area contributed by atoms with Crippen LogP contribution in [0.5, 0.6) is 5.75 Å². The summed E-state index contributed by atoms with van der Waals surface area (Å²) in [7, 11) is 0. The van der Waals surface area contributed by atoms with Crippen LogP contribution in [0.2, 0.25) is 5.02 Å². The molecule has 1 saturated heterocycles. The van der Waals surface area contributed by atoms with Crippen molar-refractivity contribution < 1.29 is 32.2 Å². The van der Waals surface area contributed by atoms with E-state index in [1.165, 1.54) is 25.0 Å². The molecule has 1 aliphatic heterocycles. The summed E-state index contributed by atoms with van der Waals surface area (Å²) in [4.78, 5) is 19.6. The maximum absolute atomic E-state index is 13.4. The molecule has 7 nitrogen and oxygen atoms in total. The molecule has 5 rings (SSSR count). The predicted octanol–water partition coefficient (Wildman–Crippen LogP) is 6.93. The number of anilines is 2. The summed E-state index contributed by atoms with van der Waals surface area (Å²) in [5.74, 6) is 4.79. The lowest BCUT2D eigenvalue weighted by molar-refractivity contribution is -0.192. The van der Waals surface area contributed by atoms with Gasteiger partial charge in [-0.3, -0.25) is 0 Å². The molecule has 3 N–H and O–H groups in total. The number of hydrogen-bond donors (Lipinski definition) is 3. The zero-order valence-electron chi connectivity index (χ0n) is 21.3. The molecule has 1 atom stereocenters. The van der Waals surface area contributed by atoms with Gasteiger partial charge in [-0.1, -0.05) is 35.6 Å². The molecule has 0 bridgehead atoms. The predicted molar refractivity (Wildman–Crippen MR) is 149 cm³/mol. The van der Waals surface area contributed by atoms with Gasteiger partial charge in [0, 0.05) is 5.69 Å². The molecule has 3 heterocycles. The molecule has 1 unspecified atom stereocenters. The number of carboxylic acids is 1. The van der Waals surface area contributed by atoms with Gasteiger partial charge in [-0.15, -0.1) is 11.3 Å². The van der Waals surface area contributed by atoms with E-state index < -0.39 is 12.1 Å². The third kappa shape index (κ3) is 8.78. The molecule has 13 heteroatoms. The molecule has 1 aliphatic rings. The number of ether oxygens (including phenoxy) is 1. The first kappa shape index (κ1) is 30.0. The highest BCUT2D eigenvalue weighted by molar-refractivity contribution is 7.19. The minimum absolute atomic E-state index is 0.228. The fourth-order valence-corrected chi connectivity index (χ4v) is 4.87. The lowest BCUT2D eigenvalue weighted by Gasteiger charge is -2.17. The van der Waals surface area contributed by atoms with Crippen LogP contribution in [-0.2, 0) is 11.4 Å². The van der Waals surface area contributed by atoms with Crippen LogP contribution in [0, 0.1) is 17.7 Å². The maximum Gasteiger partial charge on any atom is 0.490 e. The lowest BCUT2D eigenvalue weighted by Crippen LogP contribution is -2.32. The summed E-state index contributed by atoms with van der Waals surface area (Å²) < 4.78 is 50.9. The molecule has 41 heavy (non-hydrogen) atoms. The Kier molecular flexibility index (Phi) is 9.99. The molecule has 214 valence electrons. The van der Waals surface area contributed by atoms with E-state index in [0.717, 1.165) is 39.3 Å². The number of nitrogens with zero attached hydrogens (tertiary/aromatic N) is 2. The third-order valence-electron chi connectivity index (χ3n) is 5.73. The number of carboxylic acid groups (broad SMARTS) is 1. The van der Waals surface area contributed by atoms with Crippen LogP contribution >= 0.6 is 22.9 Å². The fraction of sp³-hybridized carbons (Fsp3) is 0.250. The first-order valence-corrected chi connectivity index (χ1v) is 13.5. The quantitative estimate of drug-likeness (QED) is 0.167. The fourth-order valence-electron chi connectivity index (χ4n) is 3.77. The van der Waals surface area contributed by atoms with Gasteiger partial charge in [0.05, 0.1) is 21.3 Å². The van der Waals surface area contributed by atoms with E-state index in [1.54, 1.807) is 41.9 Å². The number of fused-ring (bicyclic) bond motifs is 1. The number of piperidine rings is 1. The summed E-state index contributed by atoms with van der Waals surface area (Å²) in [5.41, 5.74) is 1.51. The van der Waals surface area contributed by atoms with Crippen molar-refractivity contribution in [2.24, 2.45) is 0 Å². The smallest absolute Gasteiger partial charge is 0.487 e. The minimum atomic E-state index is -5.08. The highest BCUT2D eigenvalue weighted by Crippen LogP contribution is 2.33. The second kappa shape index (κ2) is 13.6. The number of nitrogens with one attached hydrogen (secondary N) is 2. The minimum Gasteiger partial charge on any atom is -0.487 e. The Bertz CT molecular complexity index is 1580. The van der Waals surface area contributed by atoms with Crippen molar-refractivity contribution in [3.63, 3.8) is 0 Å². The largest absolute Gasteiger partial charge is 0.490 e. The molecule has 0 radical (unpaired) electrons. The first-order valence-electron chi connectivity index (χ1n) is 12.3. The lowest BCUT2D eigenvalue weighted by atomic mass is 10.1. The first-order chi connectivity index (χ1) is 19.6. The summed E-state index contributed by atoms with van der Waals surface area (Å²) in [6.07, 6.45) is -0.0162. The average Bonchev–Trinajstić information content (AvgIpc) is 3.36. The van der Waals surface area contributed by atoms with Gasteiger partial charge in [-0.25, -0.2) is 19.2 Å². The molecule has 0 saturated carbocycles. The van der Waals surface area contributed by atoms with E-state index in [-0.39, 0.29) is 18.5 Å². The molecule has 4 aromatic rings. The zero-order chi connectivity index (χ0) is 29.4. The Morgan fingerprint density at radius 2 is 2.00 bits per heavy atom. The number of benzene rings is 2. The molecule has 1 fully saturated rings. The van der Waals surface area contributed by atoms with Crippen molar-refractivity contribution in [3.8, 4) is 17.6 Å². The van der Waals surface area contributed by atoms with Gasteiger partial charge in [0.1, 0.15) is 35.1 Å². The second-order valence-corrected chi connectivity index (χ2v) is 10.3. The summed E-state index contributed by atoms with van der Waals surface area (Å²) in [6.45, 7) is 1.26. The molecule has 2 aromatic heterocycles. The number of carbonyl (C=O) groups is 1. The van der Waals surface area contributed by atoms with Crippen molar-refractivity contribution in [1.82, 2.24) is 15.3 Å². The molecular weight excluding hydrogens is 584 g/mol. The van der Waals surface area contributed by atoms with E-state index >= 15 is 0 Å². The van der Waals surface area contributed by atoms with Crippen molar-refractivity contribution in [2.45, 2.75) is 38.1 Å². The van der Waals surface area contributed by atoms with E-state index in [1.807, 2.05) is 12.1 Å². The van der Waals surface area contributed by atoms with Gasteiger partial charge < -0.3 is 20.5 Å². The molecule has 0 aliphatic carbocycles. The van der Waals surface area contributed by atoms with Gasteiger partial charge in [0.15, 0.2) is 0 Å². The Morgan fingerprint density at radius 1 is 1.20 bits per heavy atom. The van der Waals surface area contributed by atoms with Crippen LogP contribution < -0.4 is 15.4 Å². The summed E-state index contributed by atoms with van der Waals surface area (Å²) in [5, 5.41) is 15.3.